The van der Waals surface area contributed by atoms with E-state index in [1.807, 2.05) is 31.2 Å². The molecule has 3 unspecified atom stereocenters. The van der Waals surface area contributed by atoms with E-state index in [1.165, 1.54) is 19.1 Å². The van der Waals surface area contributed by atoms with E-state index >= 15 is 0 Å². The number of ether oxygens (including phenoxy) is 2. The van der Waals surface area contributed by atoms with Gasteiger partial charge in [-0.25, -0.2) is 9.59 Å². The number of aliphatic carboxylic acids is 1. The van der Waals surface area contributed by atoms with E-state index < -0.39 is 72.2 Å². The van der Waals surface area contributed by atoms with Gasteiger partial charge in [0.1, 0.15) is 17.8 Å². The number of carbonyl (C=O) groups is 7. The van der Waals surface area contributed by atoms with E-state index in [2.05, 4.69) is 26.6 Å². The Morgan fingerprint density at radius 1 is 0.804 bits per heavy atom. The fourth-order valence-electron chi connectivity index (χ4n) is 6.43. The number of unbranched alkanes of at least 4 members (excludes halogenated alkanes) is 3. The van der Waals surface area contributed by atoms with E-state index in [4.69, 9.17) is 9.47 Å². The number of carbonyl (C=O) groups excluding carboxylic acids is 6. The summed E-state index contributed by atoms with van der Waals surface area (Å²) in [5.41, 5.74) is 1.46. The van der Waals surface area contributed by atoms with Gasteiger partial charge in [0.15, 0.2) is 6.04 Å². The monoisotopic (exact) mass is 779 g/mol. The largest absolute Gasteiger partial charge is 0.494 e. The predicted molar refractivity (Wildman–Crippen MR) is 207 cm³/mol. The van der Waals surface area contributed by atoms with E-state index in [1.54, 1.807) is 25.1 Å². The van der Waals surface area contributed by atoms with Gasteiger partial charge in [-0.2, -0.15) is 0 Å². The van der Waals surface area contributed by atoms with Crippen molar-refractivity contribution in [3.05, 3.63) is 65.7 Å². The molecule has 0 aliphatic heterocycles. The standard InChI is InChI=1S/C41H57N5O10/c1-4-16-32(36(48)39(51)42-26-33(47)45-35(40(52)53)30-20-11-8-12-21-30)44-37(49)28(3)43-38(50)34(29-18-9-7-10-19-29)46-41(54)56-24-14-6-5-13-23-55-31-22-15-17-27(2)25-31/h8,11-12,15,17,20-22,25,28-29,32,34-35H,4-7,9-10,13-14,16,18-19,23-24,26H2,1-3H3,(H,42,51)(H,43,50)(H,44,49)(H,45,47)(H,46,54)(H,52,53)/t28?,32?,34?,35-/m0/s1. The third kappa shape index (κ3) is 15.7. The fraction of sp³-hybridized carbons (Fsp3) is 0.537. The second kappa shape index (κ2) is 24.1. The molecular formula is C41H57N5O10. The first-order valence-corrected chi connectivity index (χ1v) is 19.5. The molecule has 5 amide bonds. The summed E-state index contributed by atoms with van der Waals surface area (Å²) in [6.07, 6.45) is 7.29. The van der Waals surface area contributed by atoms with Gasteiger partial charge in [0.25, 0.3) is 5.91 Å². The molecule has 0 heterocycles. The number of rotatable bonds is 23. The average molecular weight is 780 g/mol. The molecule has 3 rings (SSSR count). The predicted octanol–water partition coefficient (Wildman–Crippen LogP) is 4.03. The van der Waals surface area contributed by atoms with Crippen molar-refractivity contribution in [1.29, 1.82) is 0 Å². The van der Waals surface area contributed by atoms with Crippen LogP contribution in [-0.2, 0) is 33.5 Å². The Balaban J connectivity index is 1.46. The topological polar surface area (TPSA) is 218 Å². The lowest BCUT2D eigenvalue weighted by atomic mass is 9.83. The minimum atomic E-state index is -1.37. The lowest BCUT2D eigenvalue weighted by Gasteiger charge is -2.30. The van der Waals surface area contributed by atoms with Crippen molar-refractivity contribution in [1.82, 2.24) is 26.6 Å². The first-order chi connectivity index (χ1) is 26.9. The molecule has 2 aromatic carbocycles. The summed E-state index contributed by atoms with van der Waals surface area (Å²) in [5, 5.41) is 21.9. The van der Waals surface area contributed by atoms with E-state index in [-0.39, 0.29) is 18.9 Å². The molecule has 1 aliphatic rings. The number of ketones is 1. The number of hydrogen-bond donors (Lipinski definition) is 6. The lowest BCUT2D eigenvalue weighted by Crippen LogP contribution is -2.57. The minimum Gasteiger partial charge on any atom is -0.494 e. The summed E-state index contributed by atoms with van der Waals surface area (Å²) in [4.78, 5) is 89.5. The fourth-order valence-corrected chi connectivity index (χ4v) is 6.43. The zero-order chi connectivity index (χ0) is 40.9. The summed E-state index contributed by atoms with van der Waals surface area (Å²) < 4.78 is 11.2. The molecule has 1 fully saturated rings. The number of carboxylic acid groups (broad SMARTS) is 1. The molecule has 0 spiro atoms. The highest BCUT2D eigenvalue weighted by molar-refractivity contribution is 6.38. The first-order valence-electron chi connectivity index (χ1n) is 19.5. The van der Waals surface area contributed by atoms with Gasteiger partial charge in [-0.15, -0.1) is 0 Å². The minimum absolute atomic E-state index is 0.0965. The molecule has 15 heteroatoms. The van der Waals surface area contributed by atoms with E-state index in [0.29, 0.717) is 37.9 Å². The van der Waals surface area contributed by atoms with Crippen molar-refractivity contribution in [3.63, 3.8) is 0 Å². The highest BCUT2D eigenvalue weighted by atomic mass is 16.5. The summed E-state index contributed by atoms with van der Waals surface area (Å²) in [5.74, 6) is -4.91. The van der Waals surface area contributed by atoms with Crippen molar-refractivity contribution in [2.75, 3.05) is 19.8 Å². The molecule has 0 saturated heterocycles. The van der Waals surface area contributed by atoms with Crippen molar-refractivity contribution in [2.45, 2.75) is 116 Å². The highest BCUT2D eigenvalue weighted by Gasteiger charge is 2.34. The number of amides is 5. The number of nitrogens with one attached hydrogen (secondary N) is 5. The van der Waals surface area contributed by atoms with Crippen LogP contribution in [-0.4, -0.2) is 84.5 Å². The summed E-state index contributed by atoms with van der Waals surface area (Å²) in [7, 11) is 0. The maximum Gasteiger partial charge on any atom is 0.407 e. The molecule has 1 aliphatic carbocycles. The third-order valence-corrected chi connectivity index (χ3v) is 9.49. The summed E-state index contributed by atoms with van der Waals surface area (Å²) in [6.45, 7) is 5.29. The SMILES string of the molecule is CCCC(NC(=O)C(C)NC(=O)C(NC(=O)OCCCCCCOc1cccc(C)c1)C1CCCCC1)C(=O)C(=O)NCC(=O)N[C@H](C(=O)O)c1ccccc1. The Morgan fingerprint density at radius 3 is 2.16 bits per heavy atom. The average Bonchev–Trinajstić information content (AvgIpc) is 3.19. The van der Waals surface area contributed by atoms with Gasteiger partial charge in [-0.1, -0.05) is 75.1 Å². The quantitative estimate of drug-likeness (QED) is 0.0703. The van der Waals surface area contributed by atoms with E-state index in [0.717, 1.165) is 49.8 Å². The second-order valence-electron chi connectivity index (χ2n) is 14.1. The van der Waals surface area contributed by atoms with Crippen LogP contribution in [0.5, 0.6) is 5.75 Å². The van der Waals surface area contributed by atoms with Crippen molar-refractivity contribution >= 4 is 41.5 Å². The molecule has 0 aromatic heterocycles. The summed E-state index contributed by atoms with van der Waals surface area (Å²) in [6, 6.07) is 11.2. The Bertz CT molecular complexity index is 1610. The molecule has 1 saturated carbocycles. The first kappa shape index (κ1) is 44.9. The zero-order valence-electron chi connectivity index (χ0n) is 32.6. The van der Waals surface area contributed by atoms with Crippen LogP contribution >= 0.6 is 0 Å². The van der Waals surface area contributed by atoms with Crippen LogP contribution in [0.25, 0.3) is 0 Å². The molecule has 6 N–H and O–H groups in total. The maximum absolute atomic E-state index is 13.5. The number of alkyl carbamates (subject to hydrolysis) is 1. The van der Waals surface area contributed by atoms with Gasteiger partial charge < -0.3 is 41.2 Å². The molecule has 306 valence electrons. The normalized spacial score (nSPS) is 14.8. The smallest absolute Gasteiger partial charge is 0.407 e. The number of aryl methyl sites for hydroxylation is 1. The molecule has 0 radical (unpaired) electrons. The van der Waals surface area contributed by atoms with Crippen LogP contribution < -0.4 is 31.3 Å². The Morgan fingerprint density at radius 2 is 1.50 bits per heavy atom. The van der Waals surface area contributed by atoms with Gasteiger partial charge in [-0.3, -0.25) is 24.0 Å². The van der Waals surface area contributed by atoms with Crippen LogP contribution in [0.1, 0.15) is 102 Å². The Hall–Kier alpha value is -5.47. The molecule has 2 aromatic rings. The van der Waals surface area contributed by atoms with Crippen LogP contribution in [0.15, 0.2) is 54.6 Å². The number of Topliss-reactive ketones (excluding diaryl/α,β-unsaturated/α-hetero) is 1. The highest BCUT2D eigenvalue weighted by Crippen LogP contribution is 2.27. The van der Waals surface area contributed by atoms with Gasteiger partial charge in [0.05, 0.1) is 25.8 Å². The van der Waals surface area contributed by atoms with Crippen molar-refractivity contribution in [3.8, 4) is 5.75 Å². The number of hydrogen-bond acceptors (Lipinski definition) is 9. The van der Waals surface area contributed by atoms with Crippen molar-refractivity contribution in [2.24, 2.45) is 5.92 Å². The van der Waals surface area contributed by atoms with Crippen molar-refractivity contribution < 1.29 is 48.1 Å². The Kier molecular flexibility index (Phi) is 19.4. The Labute approximate surface area is 328 Å². The maximum atomic E-state index is 13.5. The molecule has 15 nitrogen and oxygen atoms in total. The second-order valence-corrected chi connectivity index (χ2v) is 14.1. The molecule has 0 bridgehead atoms. The third-order valence-electron chi connectivity index (χ3n) is 9.49. The number of benzene rings is 2. The van der Waals surface area contributed by atoms with Gasteiger partial charge in [-0.05, 0) is 88.0 Å². The van der Waals surface area contributed by atoms with Crippen LogP contribution in [0.2, 0.25) is 0 Å². The molecule has 56 heavy (non-hydrogen) atoms. The van der Waals surface area contributed by atoms with Crippen LogP contribution in [0.3, 0.4) is 0 Å². The zero-order valence-corrected chi connectivity index (χ0v) is 32.6. The van der Waals surface area contributed by atoms with Crippen LogP contribution in [0, 0.1) is 12.8 Å². The number of carboxylic acids is 1. The molecule has 4 atom stereocenters. The molecular weight excluding hydrogens is 722 g/mol. The van der Waals surface area contributed by atoms with E-state index in [9.17, 15) is 38.7 Å². The van der Waals surface area contributed by atoms with Crippen LogP contribution in [0.4, 0.5) is 4.79 Å². The van der Waals surface area contributed by atoms with Gasteiger partial charge >= 0.3 is 12.1 Å². The lowest BCUT2D eigenvalue weighted by molar-refractivity contribution is -0.142. The van der Waals surface area contributed by atoms with Gasteiger partial charge in [0, 0.05) is 0 Å². The van der Waals surface area contributed by atoms with Gasteiger partial charge in [0.2, 0.25) is 23.5 Å². The summed E-state index contributed by atoms with van der Waals surface area (Å²) >= 11 is 0.